The number of carboxylic acids is 1. The molecule has 2 aromatic carbocycles. The number of aliphatic carboxylic acids is 1. The van der Waals surface area contributed by atoms with E-state index in [4.69, 9.17) is 5.11 Å². The summed E-state index contributed by atoms with van der Waals surface area (Å²) in [5, 5.41) is 19.9. The Balaban J connectivity index is 2.09. The molecule has 1 aliphatic heterocycles. The summed E-state index contributed by atoms with van der Waals surface area (Å²) < 4.78 is 0. The number of aliphatic hydroxyl groups is 1. The Morgan fingerprint density at radius 1 is 1.00 bits per heavy atom. The van der Waals surface area contributed by atoms with Gasteiger partial charge in [-0.05, 0) is 31.0 Å². The van der Waals surface area contributed by atoms with Gasteiger partial charge in [-0.25, -0.2) is 0 Å². The number of carbonyl (C=O) groups is 3. The first-order valence-corrected chi connectivity index (χ1v) is 10.0. The summed E-state index contributed by atoms with van der Waals surface area (Å²) in [4.78, 5) is 40.0. The molecule has 0 aromatic heterocycles. The van der Waals surface area contributed by atoms with Gasteiger partial charge < -0.3 is 20.0 Å². The summed E-state index contributed by atoms with van der Waals surface area (Å²) in [6.07, 6.45) is 0.0897. The first kappa shape index (κ1) is 22.1. The fourth-order valence-corrected chi connectivity index (χ4v) is 3.68. The zero-order valence-corrected chi connectivity index (χ0v) is 17.8. The van der Waals surface area contributed by atoms with Gasteiger partial charge in [-0.2, -0.15) is 0 Å². The minimum absolute atomic E-state index is 0.0155. The van der Waals surface area contributed by atoms with Crippen LogP contribution in [0, 0.1) is 6.92 Å². The molecule has 1 unspecified atom stereocenters. The average molecular weight is 422 g/mol. The number of aryl methyl sites for hydroxylation is 1. The van der Waals surface area contributed by atoms with Gasteiger partial charge in [0.05, 0.1) is 11.6 Å². The Kier molecular flexibility index (Phi) is 6.44. The zero-order valence-electron chi connectivity index (χ0n) is 17.8. The van der Waals surface area contributed by atoms with Crippen LogP contribution in [-0.4, -0.2) is 53.4 Å². The highest BCUT2D eigenvalue weighted by atomic mass is 16.4. The number of nitrogens with zero attached hydrogens (tertiary/aromatic N) is 2. The molecular formula is C24H26N2O5. The number of hydrogen-bond donors (Lipinski definition) is 2. The Morgan fingerprint density at radius 2 is 1.61 bits per heavy atom. The maximum atomic E-state index is 12.9. The molecule has 1 atom stereocenters. The lowest BCUT2D eigenvalue weighted by Gasteiger charge is -2.25. The molecule has 1 aliphatic rings. The van der Waals surface area contributed by atoms with Crippen LogP contribution in [0.3, 0.4) is 0 Å². The van der Waals surface area contributed by atoms with E-state index in [0.29, 0.717) is 11.1 Å². The van der Waals surface area contributed by atoms with Crippen LogP contribution in [0.5, 0.6) is 0 Å². The van der Waals surface area contributed by atoms with E-state index in [1.807, 2.05) is 62.3 Å². The molecule has 1 saturated heterocycles. The van der Waals surface area contributed by atoms with Crippen molar-refractivity contribution in [3.05, 3.63) is 70.8 Å². The molecule has 3 rings (SSSR count). The lowest BCUT2D eigenvalue weighted by atomic mass is 9.94. The van der Waals surface area contributed by atoms with Crippen molar-refractivity contribution in [3.63, 3.8) is 0 Å². The summed E-state index contributed by atoms with van der Waals surface area (Å²) >= 11 is 0. The Hall–Kier alpha value is -3.61. The highest BCUT2D eigenvalue weighted by Crippen LogP contribution is 2.40. The largest absolute Gasteiger partial charge is 0.507 e. The van der Waals surface area contributed by atoms with E-state index in [1.54, 1.807) is 12.1 Å². The third-order valence-electron chi connectivity index (χ3n) is 5.38. The van der Waals surface area contributed by atoms with Crippen molar-refractivity contribution in [3.8, 4) is 0 Å². The molecule has 2 N–H and O–H groups in total. The van der Waals surface area contributed by atoms with Crippen LogP contribution < -0.4 is 4.90 Å². The number of benzene rings is 2. The third-order valence-corrected chi connectivity index (χ3v) is 5.38. The Morgan fingerprint density at radius 3 is 2.16 bits per heavy atom. The van der Waals surface area contributed by atoms with Crippen molar-refractivity contribution < 1.29 is 24.6 Å². The standard InChI is InChI=1S/C24H26N2O5/c1-15-6-8-17(9-7-15)22(29)20-21(16-10-12-18(13-11-16)25(2)3)26(24(31)23(20)30)14-4-5-19(27)28/h6-13,21,29H,4-5,14H2,1-3H3,(H,27,28)/b22-20+. The van der Waals surface area contributed by atoms with Gasteiger partial charge in [-0.15, -0.1) is 0 Å². The van der Waals surface area contributed by atoms with E-state index in [9.17, 15) is 19.5 Å². The van der Waals surface area contributed by atoms with E-state index >= 15 is 0 Å². The van der Waals surface area contributed by atoms with Crippen molar-refractivity contribution in [2.75, 3.05) is 25.5 Å². The molecule has 7 heteroatoms. The van der Waals surface area contributed by atoms with Crippen LogP contribution in [0.15, 0.2) is 54.1 Å². The van der Waals surface area contributed by atoms with Gasteiger partial charge in [0, 0.05) is 38.3 Å². The average Bonchev–Trinajstić information content (AvgIpc) is 2.98. The van der Waals surface area contributed by atoms with Crippen molar-refractivity contribution >= 4 is 29.1 Å². The molecule has 0 bridgehead atoms. The van der Waals surface area contributed by atoms with Crippen LogP contribution in [0.2, 0.25) is 0 Å². The predicted molar refractivity (Wildman–Crippen MR) is 118 cm³/mol. The first-order valence-electron chi connectivity index (χ1n) is 10.0. The molecule has 31 heavy (non-hydrogen) atoms. The SMILES string of the molecule is Cc1ccc(/C(O)=C2\C(=O)C(=O)N(CCCC(=O)O)C2c2ccc(N(C)C)cc2)cc1. The summed E-state index contributed by atoms with van der Waals surface area (Å²) in [5.74, 6) is -2.71. The van der Waals surface area contributed by atoms with Crippen LogP contribution in [-0.2, 0) is 14.4 Å². The second-order valence-electron chi connectivity index (χ2n) is 7.84. The van der Waals surface area contributed by atoms with Gasteiger partial charge in [0.2, 0.25) is 0 Å². The number of amides is 1. The van der Waals surface area contributed by atoms with Crippen molar-refractivity contribution in [1.29, 1.82) is 0 Å². The minimum atomic E-state index is -0.969. The zero-order chi connectivity index (χ0) is 22.7. The smallest absolute Gasteiger partial charge is 0.303 e. The highest BCUT2D eigenvalue weighted by Gasteiger charge is 2.45. The molecular weight excluding hydrogens is 396 g/mol. The minimum Gasteiger partial charge on any atom is -0.507 e. The van der Waals surface area contributed by atoms with Crippen LogP contribution in [0.4, 0.5) is 5.69 Å². The fraction of sp³-hybridized carbons (Fsp3) is 0.292. The van der Waals surface area contributed by atoms with E-state index in [-0.39, 0.29) is 30.7 Å². The summed E-state index contributed by atoms with van der Waals surface area (Å²) in [6, 6.07) is 13.6. The normalized spacial score (nSPS) is 17.8. The monoisotopic (exact) mass is 422 g/mol. The lowest BCUT2D eigenvalue weighted by Crippen LogP contribution is -2.31. The summed E-state index contributed by atoms with van der Waals surface area (Å²) in [6.45, 7) is 2.01. The molecule has 0 saturated carbocycles. The lowest BCUT2D eigenvalue weighted by molar-refractivity contribution is -0.140. The number of ketones is 1. The molecule has 162 valence electrons. The second kappa shape index (κ2) is 9.04. The number of carboxylic acid groups (broad SMARTS) is 1. The Labute approximate surface area is 181 Å². The number of likely N-dealkylation sites (tertiary alicyclic amines) is 1. The maximum absolute atomic E-state index is 12.9. The van der Waals surface area contributed by atoms with Gasteiger partial charge in [-0.3, -0.25) is 14.4 Å². The van der Waals surface area contributed by atoms with E-state index in [2.05, 4.69) is 0 Å². The molecule has 0 spiro atoms. The Bertz CT molecular complexity index is 1020. The maximum Gasteiger partial charge on any atom is 0.303 e. The van der Waals surface area contributed by atoms with Crippen LogP contribution >= 0.6 is 0 Å². The molecule has 0 radical (unpaired) electrons. The van der Waals surface area contributed by atoms with Crippen LogP contribution in [0.1, 0.15) is 35.6 Å². The highest BCUT2D eigenvalue weighted by molar-refractivity contribution is 6.46. The summed E-state index contributed by atoms with van der Waals surface area (Å²) in [7, 11) is 3.81. The van der Waals surface area contributed by atoms with Gasteiger partial charge in [0.1, 0.15) is 5.76 Å². The van der Waals surface area contributed by atoms with Gasteiger partial charge in [0.15, 0.2) is 0 Å². The predicted octanol–water partition coefficient (Wildman–Crippen LogP) is 3.35. The van der Waals surface area contributed by atoms with E-state index < -0.39 is 23.7 Å². The molecule has 1 fully saturated rings. The van der Waals surface area contributed by atoms with Crippen LogP contribution in [0.25, 0.3) is 5.76 Å². The number of hydrogen-bond acceptors (Lipinski definition) is 5. The van der Waals surface area contributed by atoms with E-state index in [0.717, 1.165) is 11.3 Å². The molecule has 2 aromatic rings. The molecule has 1 heterocycles. The number of rotatable bonds is 7. The number of Topliss-reactive ketones (excluding diaryl/α,β-unsaturated/α-hetero) is 1. The number of carbonyl (C=O) groups excluding carboxylic acids is 2. The van der Waals surface area contributed by atoms with Gasteiger partial charge in [-0.1, -0.05) is 42.0 Å². The topological polar surface area (TPSA) is 98.2 Å². The van der Waals surface area contributed by atoms with Gasteiger partial charge in [0.25, 0.3) is 11.7 Å². The fourth-order valence-electron chi connectivity index (χ4n) is 3.68. The van der Waals surface area contributed by atoms with Crippen molar-refractivity contribution in [2.24, 2.45) is 0 Å². The number of anilines is 1. The third kappa shape index (κ3) is 4.60. The second-order valence-corrected chi connectivity index (χ2v) is 7.84. The van der Waals surface area contributed by atoms with Crippen molar-refractivity contribution in [2.45, 2.75) is 25.8 Å². The molecule has 7 nitrogen and oxygen atoms in total. The summed E-state index contributed by atoms with van der Waals surface area (Å²) in [5.41, 5.74) is 3.09. The van der Waals surface area contributed by atoms with Gasteiger partial charge >= 0.3 is 5.97 Å². The first-order chi connectivity index (χ1) is 14.7. The molecule has 1 amide bonds. The number of aliphatic hydroxyl groups excluding tert-OH is 1. The van der Waals surface area contributed by atoms with Crippen molar-refractivity contribution in [1.82, 2.24) is 4.90 Å². The quantitative estimate of drug-likeness (QED) is 0.403. The van der Waals surface area contributed by atoms with E-state index in [1.165, 1.54) is 4.90 Å². The molecule has 0 aliphatic carbocycles.